The highest BCUT2D eigenvalue weighted by atomic mass is 79.9. The molecule has 0 saturated carbocycles. The van der Waals surface area contributed by atoms with E-state index in [2.05, 4.69) is 20.7 Å². The molecule has 2 unspecified atom stereocenters. The zero-order valence-corrected chi connectivity index (χ0v) is 16.1. The highest BCUT2D eigenvalue weighted by molar-refractivity contribution is 9.10. The van der Waals surface area contributed by atoms with Gasteiger partial charge in [-0.15, -0.1) is 13.2 Å². The number of carbonyl (C=O) groups excluding carboxylic acids is 2. The Balaban J connectivity index is 1.89. The quantitative estimate of drug-likeness (QED) is 0.511. The number of hydrogen-bond donors (Lipinski definition) is 1. The van der Waals surface area contributed by atoms with Crippen LogP contribution in [0, 0.1) is 5.92 Å². The lowest BCUT2D eigenvalue weighted by Gasteiger charge is -2.20. The Morgan fingerprint density at radius 3 is 2.28 bits per heavy atom. The molecular weight excluding hydrogens is 459 g/mol. The Labute approximate surface area is 171 Å². The molecule has 0 aromatic heterocycles. The van der Waals surface area contributed by atoms with Gasteiger partial charge >= 0.3 is 12.5 Å². The van der Waals surface area contributed by atoms with Crippen molar-refractivity contribution in [3.05, 3.63) is 64.1 Å². The smallest absolute Gasteiger partial charge is 0.465 e. The van der Waals surface area contributed by atoms with Gasteiger partial charge in [0.1, 0.15) is 11.7 Å². The molecule has 1 saturated heterocycles. The van der Waals surface area contributed by atoms with E-state index in [1.54, 1.807) is 18.2 Å². The molecule has 2 atom stereocenters. The van der Waals surface area contributed by atoms with Gasteiger partial charge in [-0.3, -0.25) is 9.59 Å². The molecule has 2 amide bonds. The van der Waals surface area contributed by atoms with Gasteiger partial charge in [0.15, 0.2) is 5.78 Å². The number of Topliss-reactive ketones (excluding diaryl/α,β-unsaturated/α-hetero) is 1. The summed E-state index contributed by atoms with van der Waals surface area (Å²) in [5.74, 6) is -3.11. The third kappa shape index (κ3) is 4.42. The summed E-state index contributed by atoms with van der Waals surface area (Å²) >= 11 is 3.23. The first-order valence-corrected chi connectivity index (χ1v) is 9.08. The molecule has 29 heavy (non-hydrogen) atoms. The van der Waals surface area contributed by atoms with Gasteiger partial charge in [-0.25, -0.2) is 9.69 Å². The summed E-state index contributed by atoms with van der Waals surface area (Å²) in [5.41, 5.74) is 0.517. The Kier molecular flexibility index (Phi) is 5.65. The van der Waals surface area contributed by atoms with Gasteiger partial charge in [-0.2, -0.15) is 0 Å². The summed E-state index contributed by atoms with van der Waals surface area (Å²) in [6.45, 7) is 0. The molecule has 1 fully saturated rings. The molecule has 1 aliphatic rings. The average molecular weight is 472 g/mol. The van der Waals surface area contributed by atoms with E-state index in [9.17, 15) is 32.7 Å². The maximum Gasteiger partial charge on any atom is 0.573 e. The number of benzene rings is 2. The number of carbonyl (C=O) groups is 3. The van der Waals surface area contributed by atoms with Crippen molar-refractivity contribution in [1.82, 2.24) is 4.90 Å². The minimum atomic E-state index is -4.86. The summed E-state index contributed by atoms with van der Waals surface area (Å²) in [7, 11) is 0. The number of ketones is 1. The van der Waals surface area contributed by atoms with Gasteiger partial charge in [0.2, 0.25) is 5.91 Å². The first-order chi connectivity index (χ1) is 13.6. The summed E-state index contributed by atoms with van der Waals surface area (Å²) in [6, 6.07) is 9.96. The summed E-state index contributed by atoms with van der Waals surface area (Å²) in [4.78, 5) is 37.6. The topological polar surface area (TPSA) is 83.9 Å². The lowest BCUT2D eigenvalue weighted by Crippen LogP contribution is -2.35. The zero-order valence-electron chi connectivity index (χ0n) is 14.5. The van der Waals surface area contributed by atoms with E-state index in [0.29, 0.717) is 9.37 Å². The lowest BCUT2D eigenvalue weighted by atomic mass is 9.92. The monoisotopic (exact) mass is 471 g/mol. The van der Waals surface area contributed by atoms with Crippen molar-refractivity contribution >= 4 is 33.7 Å². The van der Waals surface area contributed by atoms with Crippen LogP contribution in [-0.4, -0.2) is 34.2 Å². The maximum absolute atomic E-state index is 12.8. The average Bonchev–Trinajstić information content (AvgIpc) is 2.98. The second kappa shape index (κ2) is 7.86. The van der Waals surface area contributed by atoms with Crippen molar-refractivity contribution in [2.45, 2.75) is 18.8 Å². The van der Waals surface area contributed by atoms with Gasteiger partial charge in [-0.1, -0.05) is 46.3 Å². The summed E-state index contributed by atoms with van der Waals surface area (Å²) < 4.78 is 41.2. The number of carboxylic acid groups (broad SMARTS) is 1. The fourth-order valence-corrected chi connectivity index (χ4v) is 3.70. The number of likely N-dealkylation sites (tertiary alicyclic amines) is 1. The van der Waals surface area contributed by atoms with Crippen molar-refractivity contribution in [2.24, 2.45) is 5.92 Å². The lowest BCUT2D eigenvalue weighted by molar-refractivity contribution is -0.274. The van der Waals surface area contributed by atoms with E-state index in [1.807, 2.05) is 0 Å². The van der Waals surface area contributed by atoms with Crippen LogP contribution in [0.25, 0.3) is 0 Å². The van der Waals surface area contributed by atoms with Crippen LogP contribution < -0.4 is 4.74 Å². The van der Waals surface area contributed by atoms with E-state index in [1.165, 1.54) is 18.2 Å². The van der Waals surface area contributed by atoms with Crippen LogP contribution in [0.1, 0.15) is 28.4 Å². The van der Waals surface area contributed by atoms with Gasteiger partial charge in [0.05, 0.1) is 6.04 Å². The van der Waals surface area contributed by atoms with Gasteiger partial charge in [0.25, 0.3) is 0 Å². The molecule has 1 heterocycles. The number of amides is 2. The number of alkyl halides is 3. The van der Waals surface area contributed by atoms with Crippen LogP contribution in [0.2, 0.25) is 0 Å². The molecule has 6 nitrogen and oxygen atoms in total. The predicted octanol–water partition coefficient (Wildman–Crippen LogP) is 4.80. The third-order valence-corrected chi connectivity index (χ3v) is 5.16. The van der Waals surface area contributed by atoms with E-state index in [0.717, 1.165) is 12.1 Å². The molecule has 3 rings (SSSR count). The first-order valence-electron chi connectivity index (χ1n) is 8.29. The second-order valence-electron chi connectivity index (χ2n) is 6.26. The number of hydrogen-bond acceptors (Lipinski definition) is 4. The normalized spacial score (nSPS) is 19.3. The Morgan fingerprint density at radius 2 is 1.72 bits per heavy atom. The van der Waals surface area contributed by atoms with Gasteiger partial charge in [0, 0.05) is 10.0 Å². The van der Waals surface area contributed by atoms with Crippen molar-refractivity contribution in [3.63, 3.8) is 0 Å². The Hall–Kier alpha value is -2.88. The molecular formula is C19H13BrF3NO5. The molecule has 1 aliphatic heterocycles. The van der Waals surface area contributed by atoms with Crippen molar-refractivity contribution < 1.29 is 37.4 Å². The van der Waals surface area contributed by atoms with Crippen LogP contribution in [0.4, 0.5) is 18.0 Å². The highest BCUT2D eigenvalue weighted by Crippen LogP contribution is 2.39. The molecule has 0 radical (unpaired) electrons. The molecule has 0 bridgehead atoms. The molecule has 0 spiro atoms. The number of ether oxygens (including phenoxy) is 1. The highest BCUT2D eigenvalue weighted by Gasteiger charge is 2.47. The number of rotatable bonds is 4. The van der Waals surface area contributed by atoms with Gasteiger partial charge in [-0.05, 0) is 30.2 Å². The minimum Gasteiger partial charge on any atom is -0.465 e. The van der Waals surface area contributed by atoms with E-state index >= 15 is 0 Å². The van der Waals surface area contributed by atoms with Crippen molar-refractivity contribution in [1.29, 1.82) is 0 Å². The van der Waals surface area contributed by atoms with Crippen LogP contribution in [0.5, 0.6) is 5.75 Å². The SMILES string of the molecule is O=C(c1ccccc1Br)C1CC(c2ccc(OC(F)(F)F)cc2)N(C(=O)O)C1=O. The fourth-order valence-electron chi connectivity index (χ4n) is 3.22. The number of imide groups is 1. The molecule has 2 aromatic carbocycles. The van der Waals surface area contributed by atoms with E-state index in [4.69, 9.17) is 0 Å². The fraction of sp³-hybridized carbons (Fsp3) is 0.211. The van der Waals surface area contributed by atoms with Crippen molar-refractivity contribution in [2.75, 3.05) is 0 Å². The summed E-state index contributed by atoms with van der Waals surface area (Å²) in [5, 5.41) is 9.46. The maximum atomic E-state index is 12.8. The van der Waals surface area contributed by atoms with Crippen LogP contribution in [0.15, 0.2) is 53.0 Å². The Bertz CT molecular complexity index is 961. The molecule has 0 aliphatic carbocycles. The standard InChI is InChI=1S/C19H13BrF3NO5/c20-14-4-2-1-3-12(14)16(25)13-9-15(24(17(13)26)18(27)28)10-5-7-11(8-6-10)29-19(21,22)23/h1-8,13,15H,9H2,(H,27,28). The van der Waals surface area contributed by atoms with Crippen LogP contribution in [-0.2, 0) is 4.79 Å². The molecule has 1 N–H and O–H groups in total. The van der Waals surface area contributed by atoms with Crippen LogP contribution >= 0.6 is 15.9 Å². The summed E-state index contributed by atoms with van der Waals surface area (Å²) in [6.07, 6.45) is -6.53. The molecule has 10 heteroatoms. The molecule has 2 aromatic rings. The Morgan fingerprint density at radius 1 is 1.10 bits per heavy atom. The zero-order chi connectivity index (χ0) is 21.3. The van der Waals surface area contributed by atoms with Gasteiger partial charge < -0.3 is 9.84 Å². The largest absolute Gasteiger partial charge is 0.573 e. The minimum absolute atomic E-state index is 0.120. The number of halogens is 4. The van der Waals surface area contributed by atoms with Crippen LogP contribution in [0.3, 0.4) is 0 Å². The second-order valence-corrected chi connectivity index (χ2v) is 7.11. The third-order valence-electron chi connectivity index (χ3n) is 4.47. The van der Waals surface area contributed by atoms with Crippen molar-refractivity contribution in [3.8, 4) is 5.75 Å². The van der Waals surface area contributed by atoms with E-state index in [-0.39, 0.29) is 17.5 Å². The molecule has 152 valence electrons. The predicted molar refractivity (Wildman–Crippen MR) is 97.3 cm³/mol. The number of nitrogens with zero attached hydrogens (tertiary/aromatic N) is 1. The first kappa shape index (κ1) is 20.8. The van der Waals surface area contributed by atoms with E-state index < -0.39 is 41.9 Å².